The minimum Gasteiger partial charge on any atom is -0.483 e. The van der Waals surface area contributed by atoms with Gasteiger partial charge in [-0.15, -0.1) is 0 Å². The van der Waals surface area contributed by atoms with E-state index in [9.17, 15) is 13.2 Å². The van der Waals surface area contributed by atoms with Gasteiger partial charge in [-0.3, -0.25) is 4.79 Å². The smallest absolute Gasteiger partial charge is 0.262 e. The molecule has 6 nitrogen and oxygen atoms in total. The largest absolute Gasteiger partial charge is 0.483 e. The Labute approximate surface area is 175 Å². The Morgan fingerprint density at radius 1 is 1.07 bits per heavy atom. The van der Waals surface area contributed by atoms with Gasteiger partial charge < -0.3 is 10.1 Å². The second-order valence-electron chi connectivity index (χ2n) is 6.01. The molecular formula is C19H22Cl2N2O4S. The van der Waals surface area contributed by atoms with Crippen molar-refractivity contribution in [3.8, 4) is 5.75 Å². The zero-order valence-corrected chi connectivity index (χ0v) is 18.2. The van der Waals surface area contributed by atoms with E-state index < -0.39 is 15.9 Å². The molecule has 1 N–H and O–H groups in total. The maximum atomic E-state index is 12.6. The van der Waals surface area contributed by atoms with Gasteiger partial charge in [0.25, 0.3) is 5.91 Å². The van der Waals surface area contributed by atoms with Gasteiger partial charge in [-0.05, 0) is 48.9 Å². The van der Waals surface area contributed by atoms with Crippen LogP contribution >= 0.6 is 23.2 Å². The van der Waals surface area contributed by atoms with E-state index in [-0.39, 0.29) is 11.5 Å². The summed E-state index contributed by atoms with van der Waals surface area (Å²) in [7, 11) is -3.55. The van der Waals surface area contributed by atoms with Crippen LogP contribution in [0.5, 0.6) is 5.75 Å². The van der Waals surface area contributed by atoms with Crippen molar-refractivity contribution >= 4 is 44.8 Å². The molecule has 0 aliphatic carbocycles. The van der Waals surface area contributed by atoms with Crippen LogP contribution in [0.2, 0.25) is 10.0 Å². The van der Waals surface area contributed by atoms with Crippen LogP contribution in [0.4, 0.5) is 5.69 Å². The minimum atomic E-state index is -3.55. The third kappa shape index (κ3) is 5.61. The zero-order chi connectivity index (χ0) is 20.9. The van der Waals surface area contributed by atoms with Crippen molar-refractivity contribution < 1.29 is 17.9 Å². The van der Waals surface area contributed by atoms with Crippen molar-refractivity contribution in [1.29, 1.82) is 0 Å². The molecule has 0 aromatic heterocycles. The molecule has 0 aliphatic heterocycles. The predicted molar refractivity (Wildman–Crippen MR) is 112 cm³/mol. The monoisotopic (exact) mass is 444 g/mol. The summed E-state index contributed by atoms with van der Waals surface area (Å²) >= 11 is 11.8. The number of nitrogens with one attached hydrogen (secondary N) is 1. The Morgan fingerprint density at radius 3 is 2.21 bits per heavy atom. The molecule has 9 heteroatoms. The molecule has 0 saturated heterocycles. The van der Waals surface area contributed by atoms with Crippen LogP contribution in [-0.2, 0) is 14.8 Å². The van der Waals surface area contributed by atoms with E-state index in [4.69, 9.17) is 27.9 Å². The number of carbonyl (C=O) groups is 1. The number of amides is 1. The molecule has 28 heavy (non-hydrogen) atoms. The van der Waals surface area contributed by atoms with Crippen molar-refractivity contribution in [1.82, 2.24) is 4.31 Å². The van der Waals surface area contributed by atoms with Gasteiger partial charge in [0, 0.05) is 28.8 Å². The molecular weight excluding hydrogens is 423 g/mol. The molecule has 0 radical (unpaired) electrons. The number of carbonyl (C=O) groups excluding carboxylic acids is 1. The second kappa shape index (κ2) is 9.60. The average molecular weight is 445 g/mol. The van der Waals surface area contributed by atoms with Gasteiger partial charge in [-0.2, -0.15) is 4.31 Å². The molecule has 0 saturated carbocycles. The number of rotatable bonds is 8. The molecule has 0 fully saturated rings. The number of hydrogen-bond donors (Lipinski definition) is 1. The zero-order valence-electron chi connectivity index (χ0n) is 15.8. The number of halogens is 2. The van der Waals surface area contributed by atoms with Crippen molar-refractivity contribution in [3.05, 3.63) is 52.0 Å². The molecule has 0 spiro atoms. The van der Waals surface area contributed by atoms with Crippen molar-refractivity contribution in [2.24, 2.45) is 0 Å². The van der Waals surface area contributed by atoms with E-state index in [1.54, 1.807) is 45.0 Å². The van der Waals surface area contributed by atoms with Crippen LogP contribution in [0.25, 0.3) is 0 Å². The second-order valence-corrected chi connectivity index (χ2v) is 8.82. The SMILES string of the molecule is CCN(CC)S(=O)(=O)c1ccc(OCC(=O)Nc2cc(Cl)cc(Cl)c2)c(C)c1. The third-order valence-electron chi connectivity index (χ3n) is 3.99. The number of sulfonamides is 1. The Kier molecular flexibility index (Phi) is 7.71. The van der Waals surface area contributed by atoms with Crippen LogP contribution < -0.4 is 10.1 Å². The fourth-order valence-electron chi connectivity index (χ4n) is 2.62. The highest BCUT2D eigenvalue weighted by Gasteiger charge is 2.22. The van der Waals surface area contributed by atoms with E-state index in [1.807, 2.05) is 0 Å². The maximum absolute atomic E-state index is 12.6. The summed E-state index contributed by atoms with van der Waals surface area (Å²) in [6.07, 6.45) is 0. The molecule has 1 amide bonds. The Balaban J connectivity index is 2.06. The maximum Gasteiger partial charge on any atom is 0.262 e. The first kappa shape index (κ1) is 22.5. The van der Waals surface area contributed by atoms with Crippen LogP contribution in [0.15, 0.2) is 41.3 Å². The molecule has 0 bridgehead atoms. The van der Waals surface area contributed by atoms with E-state index in [0.717, 1.165) is 0 Å². The van der Waals surface area contributed by atoms with Gasteiger partial charge in [0.05, 0.1) is 4.90 Å². The Bertz CT molecular complexity index is 940. The summed E-state index contributed by atoms with van der Waals surface area (Å²) in [6.45, 7) is 5.85. The normalized spacial score (nSPS) is 11.5. The molecule has 0 unspecified atom stereocenters. The first-order valence-corrected chi connectivity index (χ1v) is 10.9. The lowest BCUT2D eigenvalue weighted by Crippen LogP contribution is -2.30. The van der Waals surface area contributed by atoms with Crippen molar-refractivity contribution in [2.75, 3.05) is 25.0 Å². The first-order valence-electron chi connectivity index (χ1n) is 8.67. The van der Waals surface area contributed by atoms with Crippen LogP contribution in [0, 0.1) is 6.92 Å². The van der Waals surface area contributed by atoms with Gasteiger partial charge >= 0.3 is 0 Å². The number of anilines is 1. The summed E-state index contributed by atoms with van der Waals surface area (Å²) in [5, 5.41) is 3.46. The summed E-state index contributed by atoms with van der Waals surface area (Å²) in [5.74, 6) is 0.0374. The fourth-order valence-corrected chi connectivity index (χ4v) is 4.69. The summed E-state index contributed by atoms with van der Waals surface area (Å²) in [6, 6.07) is 9.27. The average Bonchev–Trinajstić information content (AvgIpc) is 2.60. The number of ether oxygens (including phenoxy) is 1. The molecule has 0 heterocycles. The topological polar surface area (TPSA) is 75.7 Å². The van der Waals surface area contributed by atoms with Gasteiger partial charge in [-0.1, -0.05) is 37.0 Å². The lowest BCUT2D eigenvalue weighted by atomic mass is 10.2. The van der Waals surface area contributed by atoms with Crippen LogP contribution in [0.3, 0.4) is 0 Å². The summed E-state index contributed by atoms with van der Waals surface area (Å²) in [5.41, 5.74) is 1.08. The highest BCUT2D eigenvalue weighted by molar-refractivity contribution is 7.89. The molecule has 0 atom stereocenters. The quantitative estimate of drug-likeness (QED) is 0.656. The Hall–Kier alpha value is -1.80. The number of nitrogens with zero attached hydrogens (tertiary/aromatic N) is 1. The summed E-state index contributed by atoms with van der Waals surface area (Å²) in [4.78, 5) is 12.3. The van der Waals surface area contributed by atoms with Gasteiger partial charge in [0.2, 0.25) is 10.0 Å². The van der Waals surface area contributed by atoms with E-state index in [1.165, 1.54) is 16.4 Å². The fraction of sp³-hybridized carbons (Fsp3) is 0.316. The Morgan fingerprint density at radius 2 is 1.68 bits per heavy atom. The van der Waals surface area contributed by atoms with E-state index in [2.05, 4.69) is 5.32 Å². The first-order chi connectivity index (χ1) is 13.2. The standard InChI is InChI=1S/C19H22Cl2N2O4S/c1-4-23(5-2)28(25,26)17-6-7-18(13(3)8-17)27-12-19(24)22-16-10-14(20)9-15(21)11-16/h6-11H,4-5,12H2,1-3H3,(H,22,24). The molecule has 2 rings (SSSR count). The van der Waals surface area contributed by atoms with Crippen LogP contribution in [-0.4, -0.2) is 38.3 Å². The predicted octanol–water partition coefficient (Wildman–Crippen LogP) is 4.35. The third-order valence-corrected chi connectivity index (χ3v) is 6.48. The number of benzene rings is 2. The number of aryl methyl sites for hydroxylation is 1. The molecule has 0 aliphatic rings. The van der Waals surface area contributed by atoms with Gasteiger partial charge in [0.15, 0.2) is 6.61 Å². The molecule has 152 valence electrons. The van der Waals surface area contributed by atoms with E-state index >= 15 is 0 Å². The lowest BCUT2D eigenvalue weighted by molar-refractivity contribution is -0.118. The summed E-state index contributed by atoms with van der Waals surface area (Å²) < 4.78 is 32.1. The minimum absolute atomic E-state index is 0.194. The van der Waals surface area contributed by atoms with Gasteiger partial charge in [-0.25, -0.2) is 8.42 Å². The van der Waals surface area contributed by atoms with Crippen LogP contribution in [0.1, 0.15) is 19.4 Å². The highest BCUT2D eigenvalue weighted by Crippen LogP contribution is 2.25. The van der Waals surface area contributed by atoms with E-state index in [0.29, 0.717) is 40.1 Å². The highest BCUT2D eigenvalue weighted by atomic mass is 35.5. The lowest BCUT2D eigenvalue weighted by Gasteiger charge is -2.19. The van der Waals surface area contributed by atoms with Crippen molar-refractivity contribution in [2.45, 2.75) is 25.7 Å². The van der Waals surface area contributed by atoms with Gasteiger partial charge in [0.1, 0.15) is 5.75 Å². The van der Waals surface area contributed by atoms with Crippen molar-refractivity contribution in [3.63, 3.8) is 0 Å². The molecule has 2 aromatic rings. The molecule has 2 aromatic carbocycles. The number of hydrogen-bond acceptors (Lipinski definition) is 4.